The summed E-state index contributed by atoms with van der Waals surface area (Å²) >= 11 is 0. The van der Waals surface area contributed by atoms with Gasteiger partial charge in [0.2, 0.25) is 0 Å². The first-order chi connectivity index (χ1) is 15.0. The summed E-state index contributed by atoms with van der Waals surface area (Å²) in [6.07, 6.45) is 8.67. The number of aliphatic hydroxyl groups is 1. The number of aromatic nitrogens is 2. The normalized spacial score (nSPS) is 32.2. The van der Waals surface area contributed by atoms with Crippen LogP contribution in [0.1, 0.15) is 44.9 Å². The van der Waals surface area contributed by atoms with Gasteiger partial charge in [-0.05, 0) is 38.0 Å². The van der Waals surface area contributed by atoms with Gasteiger partial charge in [-0.2, -0.15) is 0 Å². The van der Waals surface area contributed by atoms with E-state index in [1.807, 2.05) is 6.07 Å². The molecule has 172 valence electrons. The van der Waals surface area contributed by atoms with Crippen molar-refractivity contribution in [1.29, 1.82) is 0 Å². The highest BCUT2D eigenvalue weighted by Gasteiger charge is 2.37. The molecule has 5 atom stereocenters. The summed E-state index contributed by atoms with van der Waals surface area (Å²) in [5.41, 5.74) is 6.40. The lowest BCUT2D eigenvalue weighted by molar-refractivity contribution is -0.145. The fraction of sp³-hybridized carbons (Fsp3) is 0.773. The number of piperidine rings is 1. The Morgan fingerprint density at radius 1 is 1.19 bits per heavy atom. The molecule has 3 aliphatic rings. The molecule has 1 aromatic rings. The van der Waals surface area contributed by atoms with Crippen LogP contribution in [-0.2, 0) is 4.79 Å². The molecular weight excluding hydrogens is 396 g/mol. The van der Waals surface area contributed by atoms with E-state index in [-0.39, 0.29) is 36.6 Å². The monoisotopic (exact) mass is 432 g/mol. The number of likely N-dealkylation sites (tertiary alicyclic amines) is 1. The Kier molecular flexibility index (Phi) is 7.24. The van der Waals surface area contributed by atoms with Crippen molar-refractivity contribution in [2.75, 3.05) is 43.0 Å². The molecule has 3 fully saturated rings. The van der Waals surface area contributed by atoms with Crippen LogP contribution in [0.3, 0.4) is 0 Å². The van der Waals surface area contributed by atoms with E-state index in [2.05, 4.69) is 25.1 Å². The van der Waals surface area contributed by atoms with Crippen molar-refractivity contribution < 1.29 is 15.0 Å². The Morgan fingerprint density at radius 3 is 2.81 bits per heavy atom. The molecule has 5 unspecified atom stereocenters. The molecule has 1 saturated carbocycles. The fourth-order valence-electron chi connectivity index (χ4n) is 5.61. The maximum Gasteiger partial charge on any atom is 0.307 e. The summed E-state index contributed by atoms with van der Waals surface area (Å²) in [6, 6.07) is 2.47. The van der Waals surface area contributed by atoms with Gasteiger partial charge in [0.05, 0.1) is 18.6 Å². The molecule has 1 aliphatic carbocycles. The van der Waals surface area contributed by atoms with Crippen molar-refractivity contribution in [1.82, 2.24) is 14.9 Å². The van der Waals surface area contributed by atoms with Crippen molar-refractivity contribution in [2.45, 2.75) is 63.1 Å². The standard InChI is InChI=1S/C22H36N6O3/c23-18-5-1-2-6-19(18)27-11-15(8-16(12-27)22(30)31)10-24-20-9-21(26-14-25-20)28-7-3-4-17(28)13-29/h9,14-19,29H,1-8,10-13,23H2,(H,30,31)(H,24,25,26). The quantitative estimate of drug-likeness (QED) is 0.501. The summed E-state index contributed by atoms with van der Waals surface area (Å²) < 4.78 is 0. The van der Waals surface area contributed by atoms with Gasteiger partial charge >= 0.3 is 5.97 Å². The second-order valence-corrected chi connectivity index (χ2v) is 9.42. The van der Waals surface area contributed by atoms with Crippen molar-refractivity contribution in [3.63, 3.8) is 0 Å². The molecule has 0 spiro atoms. The Balaban J connectivity index is 1.40. The number of hydrogen-bond donors (Lipinski definition) is 4. The van der Waals surface area contributed by atoms with Crippen LogP contribution in [0.5, 0.6) is 0 Å². The zero-order valence-corrected chi connectivity index (χ0v) is 18.2. The molecule has 9 heteroatoms. The number of carboxylic acids is 1. The number of carbonyl (C=O) groups is 1. The second kappa shape index (κ2) is 10.1. The number of nitrogens with two attached hydrogens (primary N) is 1. The molecule has 3 heterocycles. The average molecular weight is 433 g/mol. The predicted molar refractivity (Wildman–Crippen MR) is 119 cm³/mol. The van der Waals surface area contributed by atoms with Crippen molar-refractivity contribution >= 4 is 17.6 Å². The van der Waals surface area contributed by atoms with Crippen molar-refractivity contribution in [2.24, 2.45) is 17.6 Å². The van der Waals surface area contributed by atoms with Gasteiger partial charge in [-0.15, -0.1) is 0 Å². The molecule has 2 aliphatic heterocycles. The van der Waals surface area contributed by atoms with E-state index < -0.39 is 5.97 Å². The molecule has 5 N–H and O–H groups in total. The molecular formula is C22H36N6O3. The molecule has 0 aromatic carbocycles. The maximum atomic E-state index is 11.8. The number of anilines is 2. The first-order valence-electron chi connectivity index (χ1n) is 11.7. The molecule has 1 aromatic heterocycles. The van der Waals surface area contributed by atoms with Gasteiger partial charge in [-0.3, -0.25) is 9.69 Å². The summed E-state index contributed by atoms with van der Waals surface area (Å²) in [6.45, 7) is 3.15. The molecule has 31 heavy (non-hydrogen) atoms. The molecule has 0 bridgehead atoms. The largest absolute Gasteiger partial charge is 0.481 e. The third kappa shape index (κ3) is 5.27. The highest BCUT2D eigenvalue weighted by molar-refractivity contribution is 5.70. The number of rotatable bonds is 7. The van der Waals surface area contributed by atoms with Crippen LogP contribution in [0.15, 0.2) is 12.4 Å². The van der Waals surface area contributed by atoms with Crippen molar-refractivity contribution in [3.05, 3.63) is 12.4 Å². The van der Waals surface area contributed by atoms with E-state index >= 15 is 0 Å². The Labute approximate surface area is 184 Å². The van der Waals surface area contributed by atoms with E-state index in [4.69, 9.17) is 5.73 Å². The SMILES string of the molecule is NC1CCCCC1N1CC(CNc2cc(N3CCCC3CO)ncn2)CC(C(=O)O)C1. The molecule has 9 nitrogen and oxygen atoms in total. The summed E-state index contributed by atoms with van der Waals surface area (Å²) in [7, 11) is 0. The molecule has 0 radical (unpaired) electrons. The zero-order chi connectivity index (χ0) is 21.8. The van der Waals surface area contributed by atoms with Crippen molar-refractivity contribution in [3.8, 4) is 0 Å². The van der Waals surface area contributed by atoms with E-state index in [0.29, 0.717) is 19.5 Å². The second-order valence-electron chi connectivity index (χ2n) is 9.42. The summed E-state index contributed by atoms with van der Waals surface area (Å²) in [4.78, 5) is 25.0. The van der Waals surface area contributed by atoms with E-state index in [9.17, 15) is 15.0 Å². The van der Waals surface area contributed by atoms with Crippen LogP contribution < -0.4 is 16.0 Å². The molecule has 4 rings (SSSR count). The number of aliphatic hydroxyl groups excluding tert-OH is 1. The van der Waals surface area contributed by atoms with E-state index in [1.54, 1.807) is 6.33 Å². The highest BCUT2D eigenvalue weighted by atomic mass is 16.4. The Morgan fingerprint density at radius 2 is 2.03 bits per heavy atom. The number of carboxylic acid groups (broad SMARTS) is 1. The topological polar surface area (TPSA) is 128 Å². The van der Waals surface area contributed by atoms with Crippen LogP contribution in [0.25, 0.3) is 0 Å². The lowest BCUT2D eigenvalue weighted by atomic mass is 9.84. The number of aliphatic carboxylic acids is 1. The van der Waals surface area contributed by atoms with Gasteiger partial charge in [0.15, 0.2) is 0 Å². The summed E-state index contributed by atoms with van der Waals surface area (Å²) in [5, 5.41) is 22.7. The van der Waals surface area contributed by atoms with Crippen LogP contribution in [0, 0.1) is 11.8 Å². The number of hydrogen-bond acceptors (Lipinski definition) is 8. The van der Waals surface area contributed by atoms with Gasteiger partial charge in [-0.1, -0.05) is 12.8 Å². The molecule has 0 amide bonds. The third-order valence-corrected chi connectivity index (χ3v) is 7.27. The lowest BCUT2D eigenvalue weighted by Gasteiger charge is -2.44. The molecule has 2 saturated heterocycles. The van der Waals surface area contributed by atoms with Gasteiger partial charge in [0.1, 0.15) is 18.0 Å². The number of nitrogens with zero attached hydrogens (tertiary/aromatic N) is 4. The minimum Gasteiger partial charge on any atom is -0.481 e. The van der Waals surface area contributed by atoms with Gasteiger partial charge in [0, 0.05) is 44.3 Å². The van der Waals surface area contributed by atoms with Gasteiger partial charge in [0.25, 0.3) is 0 Å². The highest BCUT2D eigenvalue weighted by Crippen LogP contribution is 2.30. The average Bonchev–Trinajstić information content (AvgIpc) is 3.27. The van der Waals surface area contributed by atoms with Gasteiger partial charge in [-0.25, -0.2) is 9.97 Å². The van der Waals surface area contributed by atoms with Crippen LogP contribution >= 0.6 is 0 Å². The van der Waals surface area contributed by atoms with Crippen LogP contribution in [0.4, 0.5) is 11.6 Å². The minimum absolute atomic E-state index is 0.116. The summed E-state index contributed by atoms with van der Waals surface area (Å²) in [5.74, 6) is 0.722. The Hall–Kier alpha value is -1.97. The van der Waals surface area contributed by atoms with Crippen LogP contribution in [0.2, 0.25) is 0 Å². The first-order valence-corrected chi connectivity index (χ1v) is 11.7. The lowest BCUT2D eigenvalue weighted by Crippen LogP contribution is -2.56. The van der Waals surface area contributed by atoms with Crippen LogP contribution in [-0.4, -0.2) is 82.0 Å². The van der Waals surface area contributed by atoms with E-state index in [0.717, 1.165) is 50.4 Å². The first kappa shape index (κ1) is 22.2. The predicted octanol–water partition coefficient (Wildman–Crippen LogP) is 1.14. The smallest absolute Gasteiger partial charge is 0.307 e. The van der Waals surface area contributed by atoms with E-state index in [1.165, 1.54) is 12.8 Å². The Bertz CT molecular complexity index is 750. The zero-order valence-electron chi connectivity index (χ0n) is 18.2. The maximum absolute atomic E-state index is 11.8. The third-order valence-electron chi connectivity index (χ3n) is 7.27. The minimum atomic E-state index is -0.715. The number of nitrogens with one attached hydrogen (secondary N) is 1. The fourth-order valence-corrected chi connectivity index (χ4v) is 5.61. The van der Waals surface area contributed by atoms with Gasteiger partial charge < -0.3 is 26.2 Å².